The maximum Gasteiger partial charge on any atom is 0.407 e. The summed E-state index contributed by atoms with van der Waals surface area (Å²) in [4.78, 5) is 38.9. The molecule has 1 fully saturated rings. The third kappa shape index (κ3) is 9.99. The van der Waals surface area contributed by atoms with Gasteiger partial charge in [0.05, 0.1) is 35.0 Å². The smallest absolute Gasteiger partial charge is 0.407 e. The monoisotopic (exact) mass is 810 g/mol. The molecule has 1 heterocycles. The second kappa shape index (κ2) is 18.5. The van der Waals surface area contributed by atoms with Crippen LogP contribution in [0.25, 0.3) is 0 Å². The van der Waals surface area contributed by atoms with Gasteiger partial charge in [-0.2, -0.15) is 5.26 Å². The third-order valence-corrected chi connectivity index (χ3v) is 10.6. The largest absolute Gasteiger partial charge is 0.491 e. The second-order valence-corrected chi connectivity index (χ2v) is 16.2. The van der Waals surface area contributed by atoms with Crippen LogP contribution in [0.15, 0.2) is 66.7 Å². The SMILES string of the molecule is CC(C)(C)C[C@@H]1N[C@@H](C(=O)Nc2ccc(C(=O)O)cc2OCCCNC(=O)OC2CC/C=C/CCC2)[C@H](c2cccc(Cl)c2F)[C@@]1(C#N)c1ccc(Cl)cc1F. The van der Waals surface area contributed by atoms with Crippen LogP contribution in [0.2, 0.25) is 10.0 Å². The van der Waals surface area contributed by atoms with E-state index in [2.05, 4.69) is 34.2 Å². The molecule has 298 valence electrons. The number of nitrogens with zero attached hydrogens (tertiary/aromatic N) is 1. The van der Waals surface area contributed by atoms with Crippen LogP contribution in [0.4, 0.5) is 19.3 Å². The summed E-state index contributed by atoms with van der Waals surface area (Å²) in [6.45, 7) is 6.03. The molecule has 0 bridgehead atoms. The number of aromatic carboxylic acids is 1. The number of carboxylic acid groups (broad SMARTS) is 1. The van der Waals surface area contributed by atoms with Gasteiger partial charge in [-0.05, 0) is 92.3 Å². The lowest BCUT2D eigenvalue weighted by Gasteiger charge is -2.37. The number of carbonyl (C=O) groups is 3. The fourth-order valence-corrected chi connectivity index (χ4v) is 7.87. The first-order chi connectivity index (χ1) is 26.6. The highest BCUT2D eigenvalue weighted by molar-refractivity contribution is 6.31. The fraction of sp³-hybridized carbons (Fsp3) is 0.429. The number of carboxylic acids is 1. The highest BCUT2D eigenvalue weighted by Gasteiger charge is 2.61. The highest BCUT2D eigenvalue weighted by atomic mass is 35.5. The summed E-state index contributed by atoms with van der Waals surface area (Å²) in [5.74, 6) is -4.91. The van der Waals surface area contributed by atoms with Crippen molar-refractivity contribution in [3.8, 4) is 11.8 Å². The molecular formula is C42H46Cl2F2N4O6. The number of alkyl carbamates (subject to hydrolysis) is 1. The lowest BCUT2D eigenvalue weighted by Crippen LogP contribution is -2.45. The molecule has 4 N–H and O–H groups in total. The van der Waals surface area contributed by atoms with Crippen LogP contribution in [0.3, 0.4) is 0 Å². The number of nitrogens with one attached hydrogen (secondary N) is 3. The van der Waals surface area contributed by atoms with Crippen molar-refractivity contribution in [2.24, 2.45) is 5.41 Å². The fourth-order valence-electron chi connectivity index (χ4n) is 7.53. The molecule has 0 aromatic heterocycles. The summed E-state index contributed by atoms with van der Waals surface area (Å²) < 4.78 is 43.6. The summed E-state index contributed by atoms with van der Waals surface area (Å²) in [6, 6.07) is 12.2. The summed E-state index contributed by atoms with van der Waals surface area (Å²) in [5, 5.41) is 29.5. The third-order valence-electron chi connectivity index (χ3n) is 10.1. The van der Waals surface area contributed by atoms with E-state index in [1.807, 2.05) is 20.8 Å². The van der Waals surface area contributed by atoms with Gasteiger partial charge in [-0.25, -0.2) is 18.4 Å². The molecule has 0 saturated carbocycles. The molecule has 1 saturated heterocycles. The van der Waals surface area contributed by atoms with Crippen molar-refractivity contribution in [1.82, 2.24) is 10.6 Å². The Kier molecular flexibility index (Phi) is 14.0. The minimum Gasteiger partial charge on any atom is -0.491 e. The molecule has 5 rings (SSSR count). The molecule has 3 aromatic rings. The zero-order valence-electron chi connectivity index (χ0n) is 31.5. The predicted octanol–water partition coefficient (Wildman–Crippen LogP) is 9.31. The second-order valence-electron chi connectivity index (χ2n) is 15.3. The Morgan fingerprint density at radius 2 is 1.82 bits per heavy atom. The van der Waals surface area contributed by atoms with E-state index in [1.165, 1.54) is 48.5 Å². The number of anilines is 1. The summed E-state index contributed by atoms with van der Waals surface area (Å²) in [7, 11) is 0. The summed E-state index contributed by atoms with van der Waals surface area (Å²) in [6.07, 6.45) is 8.37. The van der Waals surface area contributed by atoms with Gasteiger partial charge < -0.3 is 30.5 Å². The molecule has 0 spiro atoms. The van der Waals surface area contributed by atoms with E-state index in [1.54, 1.807) is 0 Å². The van der Waals surface area contributed by atoms with Gasteiger partial charge in [-0.1, -0.05) is 74.3 Å². The number of rotatable bonds is 12. The Hall–Kier alpha value is -4.70. The summed E-state index contributed by atoms with van der Waals surface area (Å²) >= 11 is 12.4. The molecule has 1 unspecified atom stereocenters. The van der Waals surface area contributed by atoms with Crippen LogP contribution in [0, 0.1) is 28.4 Å². The first kappa shape index (κ1) is 42.4. The van der Waals surface area contributed by atoms with E-state index in [4.69, 9.17) is 32.7 Å². The molecule has 0 radical (unpaired) electrons. The van der Waals surface area contributed by atoms with Crippen LogP contribution in [0.1, 0.15) is 93.1 Å². The Morgan fingerprint density at radius 3 is 2.54 bits per heavy atom. The maximum atomic E-state index is 16.1. The van der Waals surface area contributed by atoms with Gasteiger partial charge in [-0.3, -0.25) is 4.79 Å². The Balaban J connectivity index is 1.42. The van der Waals surface area contributed by atoms with Crippen molar-refractivity contribution in [2.75, 3.05) is 18.5 Å². The predicted molar refractivity (Wildman–Crippen MR) is 210 cm³/mol. The van der Waals surface area contributed by atoms with Crippen LogP contribution in [-0.2, 0) is 14.9 Å². The zero-order chi connectivity index (χ0) is 40.6. The normalized spacial score (nSPS) is 22.9. The van der Waals surface area contributed by atoms with Gasteiger partial charge >= 0.3 is 12.1 Å². The molecule has 2 aliphatic rings. The number of allylic oxidation sites excluding steroid dienone is 2. The average Bonchev–Trinajstić information content (AvgIpc) is 3.43. The summed E-state index contributed by atoms with van der Waals surface area (Å²) in [5.41, 5.74) is -2.46. The molecule has 1 aliphatic carbocycles. The topological polar surface area (TPSA) is 150 Å². The lowest BCUT2D eigenvalue weighted by molar-refractivity contribution is -0.118. The minimum atomic E-state index is -1.84. The average molecular weight is 812 g/mol. The number of carbonyl (C=O) groups excluding carboxylic acids is 2. The molecule has 1 aliphatic heterocycles. The van der Waals surface area contributed by atoms with Crippen LogP contribution in [-0.4, -0.2) is 54.4 Å². The number of hydrogen-bond donors (Lipinski definition) is 4. The van der Waals surface area contributed by atoms with E-state index < -0.39 is 58.4 Å². The molecule has 56 heavy (non-hydrogen) atoms. The highest BCUT2D eigenvalue weighted by Crippen LogP contribution is 2.53. The standard InChI is InChI=1S/C42H46Cl2F2N4O6/c1-41(2,3)23-34-42(24-47,29-17-16-26(43)22-31(29)45)35(28-13-9-14-30(44)36(28)46)37(50-34)38(51)49-32-18-15-25(39(52)53)21-33(32)55-20-10-19-48-40(54)56-27-11-7-5-4-6-8-12-27/h4-5,9,13-18,21-22,27,34-35,37,50H,6-8,10-12,19-20,23H2,1-3H3,(H,48,54)(H,49,51)(H,52,53)/b5-4+/t27?,34-,35-,37+,42-/m0/s1. The van der Waals surface area contributed by atoms with Crippen molar-refractivity contribution < 1.29 is 37.7 Å². The zero-order valence-corrected chi connectivity index (χ0v) is 33.0. The van der Waals surface area contributed by atoms with Gasteiger partial charge in [0, 0.05) is 29.1 Å². The molecule has 2 amide bonds. The van der Waals surface area contributed by atoms with Gasteiger partial charge in [-0.15, -0.1) is 0 Å². The Bertz CT molecular complexity index is 2000. The van der Waals surface area contributed by atoms with Crippen molar-refractivity contribution >= 4 is 46.9 Å². The van der Waals surface area contributed by atoms with Crippen LogP contribution < -0.4 is 20.7 Å². The Labute approximate surface area is 335 Å². The number of amides is 2. The number of benzene rings is 3. The van der Waals surface area contributed by atoms with Crippen LogP contribution >= 0.6 is 23.2 Å². The van der Waals surface area contributed by atoms with Gasteiger partial charge in [0.2, 0.25) is 5.91 Å². The van der Waals surface area contributed by atoms with Crippen LogP contribution in [0.5, 0.6) is 5.75 Å². The van der Waals surface area contributed by atoms with Gasteiger partial charge in [0.15, 0.2) is 0 Å². The van der Waals surface area contributed by atoms with Crippen molar-refractivity contribution in [3.05, 3.63) is 105 Å². The molecule has 10 nitrogen and oxygen atoms in total. The van der Waals surface area contributed by atoms with Gasteiger partial charge in [0.1, 0.15) is 28.9 Å². The van der Waals surface area contributed by atoms with Crippen molar-refractivity contribution in [3.63, 3.8) is 0 Å². The minimum absolute atomic E-state index is 0.0217. The van der Waals surface area contributed by atoms with E-state index in [9.17, 15) is 24.8 Å². The van der Waals surface area contributed by atoms with E-state index in [0.717, 1.165) is 38.2 Å². The first-order valence-electron chi connectivity index (χ1n) is 18.6. The number of halogens is 4. The molecule has 14 heteroatoms. The van der Waals surface area contributed by atoms with Crippen molar-refractivity contribution in [1.29, 1.82) is 5.26 Å². The number of ether oxygens (including phenoxy) is 2. The first-order valence-corrected chi connectivity index (χ1v) is 19.4. The van der Waals surface area contributed by atoms with E-state index >= 15 is 8.78 Å². The van der Waals surface area contributed by atoms with E-state index in [-0.39, 0.29) is 63.8 Å². The van der Waals surface area contributed by atoms with E-state index in [0.29, 0.717) is 6.42 Å². The number of nitriles is 1. The van der Waals surface area contributed by atoms with Crippen molar-refractivity contribution in [2.45, 2.75) is 95.2 Å². The quantitative estimate of drug-likeness (QED) is 0.104. The molecule has 5 atom stereocenters. The Morgan fingerprint density at radius 1 is 1.05 bits per heavy atom. The lowest BCUT2D eigenvalue weighted by atomic mass is 9.62. The number of hydrogen-bond acceptors (Lipinski definition) is 7. The van der Waals surface area contributed by atoms with Gasteiger partial charge in [0.25, 0.3) is 0 Å². The molecule has 3 aromatic carbocycles. The maximum absolute atomic E-state index is 16.1. The molecular weight excluding hydrogens is 765 g/mol.